The van der Waals surface area contributed by atoms with Crippen LogP contribution in [0, 0.1) is 0 Å². The summed E-state index contributed by atoms with van der Waals surface area (Å²) in [5, 5.41) is 4.43. The van der Waals surface area contributed by atoms with Crippen LogP contribution in [0.1, 0.15) is 24.1 Å². The van der Waals surface area contributed by atoms with Gasteiger partial charge in [0.25, 0.3) is 0 Å². The van der Waals surface area contributed by atoms with Gasteiger partial charge in [-0.05, 0) is 37.3 Å². The first-order valence-electron chi connectivity index (χ1n) is 9.40. The van der Waals surface area contributed by atoms with Gasteiger partial charge in [0.15, 0.2) is 11.5 Å². The molecule has 2 aromatic rings. The Bertz CT molecular complexity index is 805. The molecule has 0 spiro atoms. The SMILES string of the molecule is CNc1c2c(nc3cc(OCCCN4CC(F)C4)c(OC)cc13)CCC2. The van der Waals surface area contributed by atoms with Crippen LogP contribution in [0.15, 0.2) is 12.1 Å². The maximum Gasteiger partial charge on any atom is 0.163 e. The van der Waals surface area contributed by atoms with Crippen LogP contribution in [0.5, 0.6) is 11.5 Å². The minimum absolute atomic E-state index is 0.557. The van der Waals surface area contributed by atoms with Crippen LogP contribution in [0.25, 0.3) is 10.9 Å². The summed E-state index contributed by atoms with van der Waals surface area (Å²) in [4.78, 5) is 6.97. The van der Waals surface area contributed by atoms with Gasteiger partial charge in [-0.1, -0.05) is 0 Å². The fraction of sp³-hybridized carbons (Fsp3) is 0.550. The molecule has 0 bridgehead atoms. The molecule has 0 saturated carbocycles. The van der Waals surface area contributed by atoms with E-state index in [1.165, 1.54) is 11.3 Å². The molecule has 26 heavy (non-hydrogen) atoms. The van der Waals surface area contributed by atoms with E-state index >= 15 is 0 Å². The summed E-state index contributed by atoms with van der Waals surface area (Å²) in [6.45, 7) is 2.56. The number of ether oxygens (including phenoxy) is 2. The molecule has 1 aliphatic carbocycles. The van der Waals surface area contributed by atoms with E-state index in [2.05, 4.69) is 10.2 Å². The number of hydrogen-bond acceptors (Lipinski definition) is 5. The highest BCUT2D eigenvalue weighted by Gasteiger charge is 2.25. The molecule has 2 aliphatic rings. The van der Waals surface area contributed by atoms with E-state index in [0.29, 0.717) is 19.7 Å². The van der Waals surface area contributed by atoms with Gasteiger partial charge >= 0.3 is 0 Å². The van der Waals surface area contributed by atoms with Gasteiger partial charge in [-0.25, -0.2) is 4.39 Å². The molecular weight excluding hydrogens is 333 g/mol. The summed E-state index contributed by atoms with van der Waals surface area (Å²) in [6, 6.07) is 4.00. The maximum atomic E-state index is 12.8. The van der Waals surface area contributed by atoms with Gasteiger partial charge in [-0.3, -0.25) is 9.88 Å². The number of alkyl halides is 1. The summed E-state index contributed by atoms with van der Waals surface area (Å²) in [5.41, 5.74) is 4.62. The molecule has 0 unspecified atom stereocenters. The molecule has 2 heterocycles. The fourth-order valence-corrected chi connectivity index (χ4v) is 3.99. The Morgan fingerprint density at radius 1 is 1.27 bits per heavy atom. The molecule has 140 valence electrons. The first-order chi connectivity index (χ1) is 12.7. The predicted octanol–water partition coefficient (Wildman–Crippen LogP) is 3.20. The van der Waals surface area contributed by atoms with Crippen molar-refractivity contribution in [2.45, 2.75) is 31.9 Å². The third-order valence-corrected chi connectivity index (χ3v) is 5.34. The second-order valence-electron chi connectivity index (χ2n) is 7.09. The quantitative estimate of drug-likeness (QED) is 0.770. The second-order valence-corrected chi connectivity index (χ2v) is 7.09. The highest BCUT2D eigenvalue weighted by Crippen LogP contribution is 2.39. The van der Waals surface area contributed by atoms with Crippen molar-refractivity contribution in [3.8, 4) is 11.5 Å². The lowest BCUT2D eigenvalue weighted by Gasteiger charge is -2.34. The first kappa shape index (κ1) is 17.3. The number of halogens is 1. The van der Waals surface area contributed by atoms with E-state index in [0.717, 1.165) is 60.3 Å². The first-order valence-corrected chi connectivity index (χ1v) is 9.40. The van der Waals surface area contributed by atoms with Crippen molar-refractivity contribution in [2.75, 3.05) is 45.7 Å². The lowest BCUT2D eigenvalue weighted by Crippen LogP contribution is -2.48. The molecule has 6 heteroatoms. The molecule has 1 fully saturated rings. The number of hydrogen-bond donors (Lipinski definition) is 1. The molecule has 4 rings (SSSR count). The zero-order valence-electron chi connectivity index (χ0n) is 15.5. The number of nitrogens with one attached hydrogen (secondary N) is 1. The number of anilines is 1. The second kappa shape index (κ2) is 7.27. The monoisotopic (exact) mass is 359 g/mol. The number of pyridine rings is 1. The van der Waals surface area contributed by atoms with Crippen LogP contribution in [-0.2, 0) is 12.8 Å². The van der Waals surface area contributed by atoms with E-state index in [1.54, 1.807) is 7.11 Å². The van der Waals surface area contributed by atoms with Crippen molar-refractivity contribution < 1.29 is 13.9 Å². The zero-order chi connectivity index (χ0) is 18.1. The molecule has 1 aromatic carbocycles. The molecule has 0 amide bonds. The van der Waals surface area contributed by atoms with Gasteiger partial charge in [0, 0.05) is 49.5 Å². The Morgan fingerprint density at radius 3 is 2.85 bits per heavy atom. The molecule has 1 saturated heterocycles. The molecular formula is C20H26FN3O2. The topological polar surface area (TPSA) is 46.6 Å². The lowest BCUT2D eigenvalue weighted by molar-refractivity contribution is 0.0611. The van der Waals surface area contributed by atoms with Crippen molar-refractivity contribution in [1.29, 1.82) is 0 Å². The maximum absolute atomic E-state index is 12.8. The van der Waals surface area contributed by atoms with Gasteiger partial charge in [0.05, 0.1) is 19.2 Å². The Morgan fingerprint density at radius 2 is 2.12 bits per heavy atom. The third kappa shape index (κ3) is 3.18. The fourth-order valence-electron chi connectivity index (χ4n) is 3.99. The van der Waals surface area contributed by atoms with Crippen LogP contribution in [0.3, 0.4) is 0 Å². The largest absolute Gasteiger partial charge is 0.493 e. The van der Waals surface area contributed by atoms with Crippen LogP contribution in [0.4, 0.5) is 10.1 Å². The highest BCUT2D eigenvalue weighted by atomic mass is 19.1. The van der Waals surface area contributed by atoms with Crippen molar-refractivity contribution in [3.63, 3.8) is 0 Å². The summed E-state index contributed by atoms with van der Waals surface area (Å²) in [7, 11) is 3.62. The molecule has 1 N–H and O–H groups in total. The minimum atomic E-state index is -0.648. The van der Waals surface area contributed by atoms with E-state index < -0.39 is 6.17 Å². The van der Waals surface area contributed by atoms with Crippen molar-refractivity contribution in [2.24, 2.45) is 0 Å². The lowest BCUT2D eigenvalue weighted by atomic mass is 10.1. The Balaban J connectivity index is 1.53. The Hall–Kier alpha value is -2.08. The van der Waals surface area contributed by atoms with E-state index in [4.69, 9.17) is 14.5 Å². The van der Waals surface area contributed by atoms with Crippen LogP contribution in [0.2, 0.25) is 0 Å². The smallest absolute Gasteiger partial charge is 0.163 e. The molecule has 0 radical (unpaired) electrons. The molecule has 1 aliphatic heterocycles. The molecule has 1 aromatic heterocycles. The van der Waals surface area contributed by atoms with Gasteiger partial charge in [0.1, 0.15) is 6.17 Å². The van der Waals surface area contributed by atoms with E-state index in [1.807, 2.05) is 19.2 Å². The number of fused-ring (bicyclic) bond motifs is 2. The number of aromatic nitrogens is 1. The number of nitrogens with zero attached hydrogens (tertiary/aromatic N) is 2. The number of methoxy groups -OCH3 is 1. The van der Waals surface area contributed by atoms with Crippen molar-refractivity contribution in [3.05, 3.63) is 23.4 Å². The Labute approximate surface area is 153 Å². The number of aryl methyl sites for hydroxylation is 1. The average Bonchev–Trinajstić information content (AvgIpc) is 3.08. The van der Waals surface area contributed by atoms with Crippen molar-refractivity contribution in [1.82, 2.24) is 9.88 Å². The summed E-state index contributed by atoms with van der Waals surface area (Å²) >= 11 is 0. The summed E-state index contributed by atoms with van der Waals surface area (Å²) in [5.74, 6) is 1.45. The Kier molecular flexibility index (Phi) is 4.85. The van der Waals surface area contributed by atoms with Crippen LogP contribution >= 0.6 is 0 Å². The van der Waals surface area contributed by atoms with Crippen LogP contribution < -0.4 is 14.8 Å². The van der Waals surface area contributed by atoms with Gasteiger partial charge in [-0.2, -0.15) is 0 Å². The predicted molar refractivity (Wildman–Crippen MR) is 101 cm³/mol. The number of benzene rings is 1. The van der Waals surface area contributed by atoms with Gasteiger partial charge in [-0.15, -0.1) is 0 Å². The number of likely N-dealkylation sites (tertiary alicyclic amines) is 1. The normalized spacial score (nSPS) is 17.2. The van der Waals surface area contributed by atoms with E-state index in [-0.39, 0.29) is 0 Å². The minimum Gasteiger partial charge on any atom is -0.493 e. The van der Waals surface area contributed by atoms with E-state index in [9.17, 15) is 4.39 Å². The van der Waals surface area contributed by atoms with Gasteiger partial charge in [0.2, 0.25) is 0 Å². The average molecular weight is 359 g/mol. The highest BCUT2D eigenvalue weighted by molar-refractivity contribution is 5.95. The van der Waals surface area contributed by atoms with Gasteiger partial charge < -0.3 is 14.8 Å². The number of rotatable bonds is 7. The standard InChI is InChI=1S/C20H26FN3O2/c1-22-20-14-5-3-6-16(14)23-17-10-19(18(25-2)9-15(17)20)26-8-4-7-24-11-13(21)12-24/h9-10,13H,3-8,11-12H2,1-2H3,(H,22,23). The van der Waals surface area contributed by atoms with Crippen LogP contribution in [-0.4, -0.2) is 56.5 Å². The summed E-state index contributed by atoms with van der Waals surface area (Å²) < 4.78 is 24.4. The van der Waals surface area contributed by atoms with Crippen molar-refractivity contribution >= 4 is 16.6 Å². The molecule has 5 nitrogen and oxygen atoms in total. The third-order valence-electron chi connectivity index (χ3n) is 5.34. The summed E-state index contributed by atoms with van der Waals surface area (Å²) in [6.07, 6.45) is 3.49. The zero-order valence-corrected chi connectivity index (χ0v) is 15.5. The molecule has 0 atom stereocenters.